The van der Waals surface area contributed by atoms with Crippen LogP contribution in [0.5, 0.6) is 0 Å². The highest BCUT2D eigenvalue weighted by Crippen LogP contribution is 2.12. The van der Waals surface area contributed by atoms with E-state index in [4.69, 9.17) is 6.42 Å². The van der Waals surface area contributed by atoms with E-state index < -0.39 is 0 Å². The van der Waals surface area contributed by atoms with Gasteiger partial charge >= 0.3 is 0 Å². The van der Waals surface area contributed by atoms with Crippen molar-refractivity contribution < 1.29 is 4.79 Å². The Balaban J connectivity index is 3.15. The second-order valence-electron chi connectivity index (χ2n) is 3.10. The van der Waals surface area contributed by atoms with E-state index in [-0.39, 0.29) is 5.78 Å². The average Bonchev–Trinajstić information content (AvgIpc) is 2.20. The first kappa shape index (κ1) is 10.3. The molecule has 0 saturated heterocycles. The molecule has 0 saturated carbocycles. The number of allylic oxidation sites excluding steroid dienone is 1. The van der Waals surface area contributed by atoms with Crippen molar-refractivity contribution in [3.05, 3.63) is 47.5 Å². The molecule has 0 unspecified atom stereocenters. The van der Waals surface area contributed by atoms with E-state index in [1.54, 1.807) is 0 Å². The SMILES string of the molecule is C#CCc1ccc(C)c(C(=O)C=C)c1. The lowest BCUT2D eigenvalue weighted by Crippen LogP contribution is -1.98. The van der Waals surface area contributed by atoms with E-state index in [0.717, 1.165) is 11.1 Å². The van der Waals surface area contributed by atoms with Crippen LogP contribution >= 0.6 is 0 Å². The highest BCUT2D eigenvalue weighted by molar-refractivity contribution is 6.05. The van der Waals surface area contributed by atoms with Crippen molar-refractivity contribution in [1.29, 1.82) is 0 Å². The molecule has 0 bridgehead atoms. The Bertz CT molecular complexity index is 408. The maximum Gasteiger partial charge on any atom is 0.185 e. The summed E-state index contributed by atoms with van der Waals surface area (Å²) < 4.78 is 0. The van der Waals surface area contributed by atoms with Crippen molar-refractivity contribution in [2.45, 2.75) is 13.3 Å². The molecule has 0 atom stereocenters. The van der Waals surface area contributed by atoms with Gasteiger partial charge in [-0.25, -0.2) is 0 Å². The molecule has 1 aromatic rings. The van der Waals surface area contributed by atoms with Crippen molar-refractivity contribution in [1.82, 2.24) is 0 Å². The maximum atomic E-state index is 11.4. The summed E-state index contributed by atoms with van der Waals surface area (Å²) in [6.07, 6.45) is 7.08. The molecule has 0 spiro atoms. The minimum Gasteiger partial charge on any atom is -0.289 e. The van der Waals surface area contributed by atoms with Gasteiger partial charge in [-0.1, -0.05) is 18.7 Å². The maximum absolute atomic E-state index is 11.4. The molecule has 0 aliphatic heterocycles. The predicted octanol–water partition coefficient (Wildman–Crippen LogP) is 2.54. The predicted molar refractivity (Wildman–Crippen MR) is 58.2 cm³/mol. The molecular weight excluding hydrogens is 172 g/mol. The van der Waals surface area contributed by atoms with Crippen LogP contribution in [0, 0.1) is 19.3 Å². The van der Waals surface area contributed by atoms with Crippen molar-refractivity contribution in [2.24, 2.45) is 0 Å². The minimum absolute atomic E-state index is 0.0543. The molecule has 1 heteroatoms. The molecule has 1 nitrogen and oxygen atoms in total. The zero-order chi connectivity index (χ0) is 10.6. The average molecular weight is 184 g/mol. The zero-order valence-electron chi connectivity index (χ0n) is 8.21. The molecule has 14 heavy (non-hydrogen) atoms. The summed E-state index contributed by atoms with van der Waals surface area (Å²) in [5.41, 5.74) is 2.63. The van der Waals surface area contributed by atoms with Gasteiger partial charge in [0.1, 0.15) is 0 Å². The first-order valence-corrected chi connectivity index (χ1v) is 4.38. The molecule has 0 heterocycles. The Labute approximate surface area is 84.5 Å². The number of hydrogen-bond acceptors (Lipinski definition) is 1. The molecule has 70 valence electrons. The van der Waals surface area contributed by atoms with Gasteiger partial charge in [-0.2, -0.15) is 0 Å². The Morgan fingerprint density at radius 2 is 2.36 bits per heavy atom. The third-order valence-electron chi connectivity index (χ3n) is 2.06. The summed E-state index contributed by atoms with van der Waals surface area (Å²) in [5.74, 6) is 2.50. The number of carbonyl (C=O) groups is 1. The number of benzene rings is 1. The van der Waals surface area contributed by atoms with E-state index >= 15 is 0 Å². The number of carbonyl (C=O) groups excluding carboxylic acids is 1. The molecule has 0 amide bonds. The zero-order valence-corrected chi connectivity index (χ0v) is 8.21. The fourth-order valence-corrected chi connectivity index (χ4v) is 1.27. The van der Waals surface area contributed by atoms with E-state index in [9.17, 15) is 4.79 Å². The van der Waals surface area contributed by atoms with Gasteiger partial charge in [0.05, 0.1) is 0 Å². The first-order valence-electron chi connectivity index (χ1n) is 4.38. The van der Waals surface area contributed by atoms with Crippen LogP contribution in [0.4, 0.5) is 0 Å². The standard InChI is InChI=1S/C13H12O/c1-4-6-11-8-7-10(3)12(9-11)13(14)5-2/h1,5,7-9H,2,6H2,3H3. The van der Waals surface area contributed by atoms with Crippen LogP contribution in [0.3, 0.4) is 0 Å². The van der Waals surface area contributed by atoms with Crippen molar-refractivity contribution >= 4 is 5.78 Å². The smallest absolute Gasteiger partial charge is 0.185 e. The molecule has 0 aliphatic carbocycles. The van der Waals surface area contributed by atoms with Gasteiger partial charge in [0.2, 0.25) is 0 Å². The number of terminal acetylenes is 1. The Hall–Kier alpha value is -1.81. The Morgan fingerprint density at radius 1 is 1.64 bits per heavy atom. The van der Waals surface area contributed by atoms with E-state index in [1.807, 2.05) is 25.1 Å². The molecule has 0 aliphatic rings. The van der Waals surface area contributed by atoms with Crippen LogP contribution in [-0.2, 0) is 6.42 Å². The minimum atomic E-state index is -0.0543. The van der Waals surface area contributed by atoms with Gasteiger partial charge in [-0.3, -0.25) is 4.79 Å². The molecule has 0 fully saturated rings. The van der Waals surface area contributed by atoms with Crippen LogP contribution in [0.1, 0.15) is 21.5 Å². The van der Waals surface area contributed by atoms with Gasteiger partial charge < -0.3 is 0 Å². The van der Waals surface area contributed by atoms with Crippen LogP contribution in [0.2, 0.25) is 0 Å². The molecule has 0 N–H and O–H groups in total. The third-order valence-corrected chi connectivity index (χ3v) is 2.06. The Morgan fingerprint density at radius 3 is 2.93 bits per heavy atom. The van der Waals surface area contributed by atoms with Crippen LogP contribution in [0.25, 0.3) is 0 Å². The molecule has 1 rings (SSSR count). The van der Waals surface area contributed by atoms with Gasteiger partial charge in [-0.05, 0) is 30.2 Å². The fraction of sp³-hybridized carbons (Fsp3) is 0.154. The van der Waals surface area contributed by atoms with Crippen molar-refractivity contribution in [3.8, 4) is 12.3 Å². The molecule has 0 radical (unpaired) electrons. The number of rotatable bonds is 3. The number of aryl methyl sites for hydroxylation is 1. The van der Waals surface area contributed by atoms with E-state index in [0.29, 0.717) is 12.0 Å². The van der Waals surface area contributed by atoms with Crippen LogP contribution in [0.15, 0.2) is 30.9 Å². The normalized spacial score (nSPS) is 9.14. The van der Waals surface area contributed by atoms with E-state index in [1.165, 1.54) is 6.08 Å². The van der Waals surface area contributed by atoms with Crippen LogP contribution in [-0.4, -0.2) is 5.78 Å². The van der Waals surface area contributed by atoms with Gasteiger partial charge in [0.15, 0.2) is 5.78 Å². The summed E-state index contributed by atoms with van der Waals surface area (Å²) in [7, 11) is 0. The van der Waals surface area contributed by atoms with Gasteiger partial charge in [-0.15, -0.1) is 12.3 Å². The van der Waals surface area contributed by atoms with Gasteiger partial charge in [0, 0.05) is 12.0 Å². The highest BCUT2D eigenvalue weighted by Gasteiger charge is 2.05. The number of ketones is 1. The highest BCUT2D eigenvalue weighted by atomic mass is 16.1. The molecular formula is C13H12O. The second kappa shape index (κ2) is 4.43. The van der Waals surface area contributed by atoms with E-state index in [2.05, 4.69) is 12.5 Å². The summed E-state index contributed by atoms with van der Waals surface area (Å²) in [6, 6.07) is 5.68. The van der Waals surface area contributed by atoms with Crippen molar-refractivity contribution in [3.63, 3.8) is 0 Å². The van der Waals surface area contributed by atoms with Crippen LogP contribution < -0.4 is 0 Å². The number of hydrogen-bond donors (Lipinski definition) is 0. The molecule has 0 aromatic heterocycles. The summed E-state index contributed by atoms with van der Waals surface area (Å²) in [5, 5.41) is 0. The second-order valence-corrected chi connectivity index (χ2v) is 3.10. The van der Waals surface area contributed by atoms with Gasteiger partial charge in [0.25, 0.3) is 0 Å². The first-order chi connectivity index (χ1) is 6.69. The van der Waals surface area contributed by atoms with Crippen molar-refractivity contribution in [2.75, 3.05) is 0 Å². The third kappa shape index (κ3) is 2.11. The lowest BCUT2D eigenvalue weighted by atomic mass is 10.0. The Kier molecular flexibility index (Phi) is 3.25. The lowest BCUT2D eigenvalue weighted by molar-refractivity contribution is 0.104. The monoisotopic (exact) mass is 184 g/mol. The topological polar surface area (TPSA) is 17.1 Å². The summed E-state index contributed by atoms with van der Waals surface area (Å²) >= 11 is 0. The quantitative estimate of drug-likeness (QED) is 0.401. The summed E-state index contributed by atoms with van der Waals surface area (Å²) in [6.45, 7) is 5.36. The molecule has 1 aromatic carbocycles. The fourth-order valence-electron chi connectivity index (χ4n) is 1.27. The largest absolute Gasteiger partial charge is 0.289 e. The lowest BCUT2D eigenvalue weighted by Gasteiger charge is -2.03. The summed E-state index contributed by atoms with van der Waals surface area (Å²) in [4.78, 5) is 11.4.